The van der Waals surface area contributed by atoms with Crippen molar-refractivity contribution in [3.63, 3.8) is 0 Å². The Labute approximate surface area is 111 Å². The van der Waals surface area contributed by atoms with Crippen LogP contribution in [-0.4, -0.2) is 27.2 Å². The van der Waals surface area contributed by atoms with Gasteiger partial charge in [0.15, 0.2) is 0 Å². The summed E-state index contributed by atoms with van der Waals surface area (Å²) >= 11 is 3.45. The van der Waals surface area contributed by atoms with Gasteiger partial charge in [0.05, 0.1) is 17.1 Å². The molecular weight excluding hydrogens is 280 g/mol. The van der Waals surface area contributed by atoms with E-state index in [-0.39, 0.29) is 10.7 Å². The third-order valence-corrected chi connectivity index (χ3v) is 4.04. The number of pyridine rings is 1. The van der Waals surface area contributed by atoms with Gasteiger partial charge in [0.2, 0.25) is 5.91 Å². The van der Waals surface area contributed by atoms with E-state index in [9.17, 15) is 4.79 Å². The van der Waals surface area contributed by atoms with E-state index in [0.29, 0.717) is 19.0 Å². The average Bonchev–Trinajstić information content (AvgIpc) is 2.35. The van der Waals surface area contributed by atoms with E-state index in [1.807, 2.05) is 43.9 Å². The van der Waals surface area contributed by atoms with Gasteiger partial charge in [-0.1, -0.05) is 35.8 Å². The molecule has 0 bridgehead atoms. The summed E-state index contributed by atoms with van der Waals surface area (Å²) in [4.78, 5) is 18.1. The van der Waals surface area contributed by atoms with Gasteiger partial charge >= 0.3 is 0 Å². The molecule has 0 spiro atoms. The van der Waals surface area contributed by atoms with Crippen molar-refractivity contribution < 1.29 is 4.79 Å². The summed E-state index contributed by atoms with van der Waals surface area (Å²) in [5.41, 5.74) is 0.922. The van der Waals surface area contributed by atoms with Gasteiger partial charge in [0.1, 0.15) is 0 Å². The van der Waals surface area contributed by atoms with Crippen molar-refractivity contribution in [1.82, 2.24) is 9.88 Å². The molecule has 94 valence electrons. The SMILES string of the molecule is CCN(Cc1ccccn1)C(=O)C(Br)C(C)C. The Kier molecular flexibility index (Phi) is 5.62. The van der Waals surface area contributed by atoms with E-state index in [1.54, 1.807) is 6.20 Å². The average molecular weight is 299 g/mol. The van der Waals surface area contributed by atoms with E-state index < -0.39 is 0 Å². The van der Waals surface area contributed by atoms with Crippen molar-refractivity contribution in [2.45, 2.75) is 32.1 Å². The van der Waals surface area contributed by atoms with Crippen LogP contribution >= 0.6 is 15.9 Å². The van der Waals surface area contributed by atoms with Crippen LogP contribution in [0.5, 0.6) is 0 Å². The van der Waals surface area contributed by atoms with Crippen LogP contribution in [0.2, 0.25) is 0 Å². The van der Waals surface area contributed by atoms with Crippen LogP contribution in [0.3, 0.4) is 0 Å². The number of aromatic nitrogens is 1. The summed E-state index contributed by atoms with van der Waals surface area (Å²) in [6, 6.07) is 5.76. The molecule has 0 fully saturated rings. The first-order valence-electron chi connectivity index (χ1n) is 5.89. The zero-order valence-corrected chi connectivity index (χ0v) is 12.1. The molecule has 3 nitrogen and oxygen atoms in total. The Hall–Kier alpha value is -0.900. The molecule has 1 heterocycles. The van der Waals surface area contributed by atoms with Crippen molar-refractivity contribution in [2.75, 3.05) is 6.54 Å². The molecule has 0 saturated carbocycles. The first kappa shape index (κ1) is 14.2. The van der Waals surface area contributed by atoms with Crippen LogP contribution in [0, 0.1) is 5.92 Å². The van der Waals surface area contributed by atoms with E-state index in [4.69, 9.17) is 0 Å². The molecule has 0 aliphatic heterocycles. The highest BCUT2D eigenvalue weighted by molar-refractivity contribution is 9.10. The first-order chi connectivity index (χ1) is 8.06. The fourth-order valence-electron chi connectivity index (χ4n) is 1.49. The molecular formula is C13H19BrN2O. The number of amides is 1. The van der Waals surface area contributed by atoms with Gasteiger partial charge in [-0.2, -0.15) is 0 Å². The van der Waals surface area contributed by atoms with Crippen molar-refractivity contribution in [3.05, 3.63) is 30.1 Å². The Morgan fingerprint density at radius 1 is 1.47 bits per heavy atom. The first-order valence-corrected chi connectivity index (χ1v) is 6.80. The van der Waals surface area contributed by atoms with Crippen molar-refractivity contribution in [3.8, 4) is 0 Å². The molecule has 17 heavy (non-hydrogen) atoms. The minimum Gasteiger partial charge on any atom is -0.336 e. The predicted molar refractivity (Wildman–Crippen MR) is 72.9 cm³/mol. The largest absolute Gasteiger partial charge is 0.336 e. The van der Waals surface area contributed by atoms with E-state index >= 15 is 0 Å². The van der Waals surface area contributed by atoms with Gasteiger partial charge in [-0.3, -0.25) is 9.78 Å². The smallest absolute Gasteiger partial charge is 0.236 e. The molecule has 1 atom stereocenters. The Morgan fingerprint density at radius 2 is 2.18 bits per heavy atom. The van der Waals surface area contributed by atoms with E-state index in [0.717, 1.165) is 5.69 Å². The van der Waals surface area contributed by atoms with Crippen LogP contribution < -0.4 is 0 Å². The lowest BCUT2D eigenvalue weighted by Crippen LogP contribution is -2.38. The van der Waals surface area contributed by atoms with Gasteiger partial charge in [0.25, 0.3) is 0 Å². The van der Waals surface area contributed by atoms with Gasteiger partial charge in [-0.15, -0.1) is 0 Å². The van der Waals surface area contributed by atoms with Crippen LogP contribution in [0.25, 0.3) is 0 Å². The molecule has 4 heteroatoms. The second-order valence-corrected chi connectivity index (χ2v) is 5.31. The molecule has 1 amide bonds. The fourth-order valence-corrected chi connectivity index (χ4v) is 1.78. The summed E-state index contributed by atoms with van der Waals surface area (Å²) in [5, 5.41) is 0. The Bertz CT molecular complexity index is 354. The quantitative estimate of drug-likeness (QED) is 0.783. The minimum absolute atomic E-state index is 0.119. The fraction of sp³-hybridized carbons (Fsp3) is 0.538. The van der Waals surface area contributed by atoms with Gasteiger partial charge in [-0.25, -0.2) is 0 Å². The minimum atomic E-state index is -0.119. The molecule has 0 radical (unpaired) electrons. The molecule has 0 aliphatic carbocycles. The second kappa shape index (κ2) is 6.74. The van der Waals surface area contributed by atoms with E-state index in [2.05, 4.69) is 20.9 Å². The summed E-state index contributed by atoms with van der Waals surface area (Å²) in [5.74, 6) is 0.424. The number of carbonyl (C=O) groups is 1. The van der Waals surface area contributed by atoms with Crippen LogP contribution in [-0.2, 0) is 11.3 Å². The molecule has 1 aromatic rings. The van der Waals surface area contributed by atoms with Gasteiger partial charge < -0.3 is 4.90 Å². The topological polar surface area (TPSA) is 33.2 Å². The monoisotopic (exact) mass is 298 g/mol. The molecule has 1 aromatic heterocycles. The zero-order chi connectivity index (χ0) is 12.8. The Morgan fingerprint density at radius 3 is 2.65 bits per heavy atom. The van der Waals surface area contributed by atoms with Crippen LogP contribution in [0.15, 0.2) is 24.4 Å². The lowest BCUT2D eigenvalue weighted by molar-refractivity contribution is -0.131. The third kappa shape index (κ3) is 4.11. The molecule has 0 N–H and O–H groups in total. The summed E-state index contributed by atoms with van der Waals surface area (Å²) in [6.07, 6.45) is 1.75. The zero-order valence-electron chi connectivity index (χ0n) is 10.6. The number of rotatable bonds is 5. The lowest BCUT2D eigenvalue weighted by Gasteiger charge is -2.24. The molecule has 0 aliphatic rings. The molecule has 0 aromatic carbocycles. The predicted octanol–water partition coefficient (Wildman–Crippen LogP) is 2.85. The second-order valence-electron chi connectivity index (χ2n) is 4.32. The highest BCUT2D eigenvalue weighted by Gasteiger charge is 2.23. The summed E-state index contributed by atoms with van der Waals surface area (Å²) in [7, 11) is 0. The Balaban J connectivity index is 2.69. The maximum atomic E-state index is 12.2. The van der Waals surface area contributed by atoms with Gasteiger partial charge in [0, 0.05) is 12.7 Å². The normalized spacial score (nSPS) is 12.5. The number of hydrogen-bond donors (Lipinski definition) is 0. The number of hydrogen-bond acceptors (Lipinski definition) is 2. The number of carbonyl (C=O) groups excluding carboxylic acids is 1. The molecule has 1 unspecified atom stereocenters. The number of nitrogens with zero attached hydrogens (tertiary/aromatic N) is 2. The number of alkyl halides is 1. The highest BCUT2D eigenvalue weighted by atomic mass is 79.9. The highest BCUT2D eigenvalue weighted by Crippen LogP contribution is 2.16. The van der Waals surface area contributed by atoms with Crippen LogP contribution in [0.4, 0.5) is 0 Å². The van der Waals surface area contributed by atoms with E-state index in [1.165, 1.54) is 0 Å². The molecule has 0 saturated heterocycles. The lowest BCUT2D eigenvalue weighted by atomic mass is 10.1. The van der Waals surface area contributed by atoms with Crippen LogP contribution in [0.1, 0.15) is 26.5 Å². The van der Waals surface area contributed by atoms with Crippen molar-refractivity contribution in [2.24, 2.45) is 5.92 Å². The van der Waals surface area contributed by atoms with Crippen molar-refractivity contribution in [1.29, 1.82) is 0 Å². The maximum Gasteiger partial charge on any atom is 0.236 e. The summed E-state index contributed by atoms with van der Waals surface area (Å²) < 4.78 is 0. The third-order valence-electron chi connectivity index (χ3n) is 2.59. The maximum absolute atomic E-state index is 12.2. The number of halogens is 1. The van der Waals surface area contributed by atoms with Gasteiger partial charge in [-0.05, 0) is 25.0 Å². The summed E-state index contributed by atoms with van der Waals surface area (Å²) in [6.45, 7) is 7.33. The molecule has 1 rings (SSSR count). The standard InChI is InChI=1S/C13H19BrN2O/c1-4-16(13(17)12(14)10(2)3)9-11-7-5-6-8-15-11/h5-8,10,12H,4,9H2,1-3H3. The van der Waals surface area contributed by atoms with Crippen molar-refractivity contribution >= 4 is 21.8 Å².